The Bertz CT molecular complexity index is 817. The molecule has 3 rings (SSSR count). The summed E-state index contributed by atoms with van der Waals surface area (Å²) >= 11 is 0. The van der Waals surface area contributed by atoms with E-state index in [2.05, 4.69) is 4.98 Å². The van der Waals surface area contributed by atoms with Gasteiger partial charge in [-0.1, -0.05) is 24.3 Å². The molecule has 1 saturated heterocycles. The van der Waals surface area contributed by atoms with Crippen LogP contribution < -0.4 is 0 Å². The fraction of sp³-hybridized carbons (Fsp3) is 0.333. The minimum atomic E-state index is -4.55. The minimum absolute atomic E-state index is 0.0708. The van der Waals surface area contributed by atoms with Crippen LogP contribution in [0.15, 0.2) is 36.7 Å². The SMILES string of the molecule is O=C1CC(CS(=O)(=O)F)CN1Cc1cncc2ccccc12. The zero-order chi connectivity index (χ0) is 15.7. The van der Waals surface area contributed by atoms with Crippen molar-refractivity contribution in [1.82, 2.24) is 9.88 Å². The normalized spacial score (nSPS) is 19.0. The van der Waals surface area contributed by atoms with Gasteiger partial charge in [-0.25, -0.2) is 0 Å². The Kier molecular flexibility index (Phi) is 3.82. The number of rotatable bonds is 4. The summed E-state index contributed by atoms with van der Waals surface area (Å²) in [5, 5.41) is 1.99. The molecule has 1 amide bonds. The average molecular weight is 322 g/mol. The first-order valence-corrected chi connectivity index (χ1v) is 8.49. The third-order valence-electron chi connectivity index (χ3n) is 3.84. The number of hydrogen-bond donors (Lipinski definition) is 0. The summed E-state index contributed by atoms with van der Waals surface area (Å²) in [6, 6.07) is 7.72. The van der Waals surface area contributed by atoms with Crippen molar-refractivity contribution in [2.45, 2.75) is 13.0 Å². The van der Waals surface area contributed by atoms with E-state index in [0.29, 0.717) is 6.54 Å². The number of nitrogens with zero attached hydrogens (tertiary/aromatic N) is 2. The number of amides is 1. The molecule has 1 fully saturated rings. The lowest BCUT2D eigenvalue weighted by molar-refractivity contribution is -0.128. The zero-order valence-corrected chi connectivity index (χ0v) is 12.6. The summed E-state index contributed by atoms with van der Waals surface area (Å²) in [4.78, 5) is 17.7. The van der Waals surface area contributed by atoms with Gasteiger partial charge in [0.25, 0.3) is 0 Å². The maximum absolute atomic E-state index is 12.8. The predicted octanol–water partition coefficient (Wildman–Crippen LogP) is 1.88. The van der Waals surface area contributed by atoms with E-state index in [1.54, 1.807) is 17.3 Å². The zero-order valence-electron chi connectivity index (χ0n) is 11.8. The molecule has 1 aliphatic heterocycles. The fourth-order valence-corrected chi connectivity index (χ4v) is 3.70. The number of pyridine rings is 1. The minimum Gasteiger partial charge on any atom is -0.338 e. The van der Waals surface area contributed by atoms with Gasteiger partial charge in [0.2, 0.25) is 5.91 Å². The number of benzene rings is 1. The molecule has 5 nitrogen and oxygen atoms in total. The van der Waals surface area contributed by atoms with Gasteiger partial charge < -0.3 is 4.90 Å². The van der Waals surface area contributed by atoms with Crippen LogP contribution in [0.4, 0.5) is 3.89 Å². The number of fused-ring (bicyclic) bond motifs is 1. The van der Waals surface area contributed by atoms with E-state index in [-0.39, 0.29) is 18.9 Å². The van der Waals surface area contributed by atoms with E-state index in [1.807, 2.05) is 24.3 Å². The van der Waals surface area contributed by atoms with Crippen molar-refractivity contribution in [1.29, 1.82) is 0 Å². The summed E-state index contributed by atoms with van der Waals surface area (Å²) < 4.78 is 34.2. The van der Waals surface area contributed by atoms with Crippen LogP contribution in [0.1, 0.15) is 12.0 Å². The van der Waals surface area contributed by atoms with E-state index >= 15 is 0 Å². The monoisotopic (exact) mass is 322 g/mol. The molecule has 0 aliphatic carbocycles. The Hall–Kier alpha value is -2.02. The second kappa shape index (κ2) is 5.64. The van der Waals surface area contributed by atoms with Gasteiger partial charge in [0, 0.05) is 43.2 Å². The van der Waals surface area contributed by atoms with Crippen LogP contribution in [0, 0.1) is 5.92 Å². The average Bonchev–Trinajstić information content (AvgIpc) is 2.77. The highest BCUT2D eigenvalue weighted by Crippen LogP contribution is 2.24. The summed E-state index contributed by atoms with van der Waals surface area (Å²) in [5.74, 6) is -1.23. The molecule has 1 aliphatic rings. The molecule has 0 bridgehead atoms. The van der Waals surface area contributed by atoms with Crippen LogP contribution in [0.3, 0.4) is 0 Å². The Morgan fingerprint density at radius 3 is 2.82 bits per heavy atom. The molecule has 1 unspecified atom stereocenters. The molecule has 2 aromatic rings. The van der Waals surface area contributed by atoms with Crippen LogP contribution in [-0.2, 0) is 21.6 Å². The Balaban J connectivity index is 1.79. The third kappa shape index (κ3) is 3.24. The van der Waals surface area contributed by atoms with Gasteiger partial charge >= 0.3 is 10.2 Å². The highest BCUT2D eigenvalue weighted by Gasteiger charge is 2.32. The number of carbonyl (C=O) groups is 1. The van der Waals surface area contributed by atoms with E-state index in [9.17, 15) is 17.1 Å². The van der Waals surface area contributed by atoms with Gasteiger partial charge in [0.1, 0.15) is 0 Å². The summed E-state index contributed by atoms with van der Waals surface area (Å²) in [6.45, 7) is 0.612. The molecule has 22 heavy (non-hydrogen) atoms. The molecule has 0 saturated carbocycles. The molecule has 1 aromatic heterocycles. The van der Waals surface area contributed by atoms with Gasteiger partial charge in [-0.3, -0.25) is 9.78 Å². The first-order valence-electron chi connectivity index (χ1n) is 6.94. The molecular weight excluding hydrogens is 307 g/mol. The molecule has 0 spiro atoms. The van der Waals surface area contributed by atoms with E-state index in [0.717, 1.165) is 16.3 Å². The van der Waals surface area contributed by atoms with Crippen molar-refractivity contribution in [3.05, 3.63) is 42.2 Å². The van der Waals surface area contributed by atoms with E-state index in [4.69, 9.17) is 0 Å². The second-order valence-corrected chi connectivity index (χ2v) is 6.98. The van der Waals surface area contributed by atoms with Crippen LogP contribution >= 0.6 is 0 Å². The lowest BCUT2D eigenvalue weighted by Gasteiger charge is -2.17. The van der Waals surface area contributed by atoms with Crippen molar-refractivity contribution in [3.8, 4) is 0 Å². The van der Waals surface area contributed by atoms with Crippen molar-refractivity contribution < 1.29 is 17.1 Å². The number of likely N-dealkylation sites (tertiary alicyclic amines) is 1. The van der Waals surface area contributed by atoms with E-state index in [1.165, 1.54) is 0 Å². The van der Waals surface area contributed by atoms with Crippen LogP contribution in [0.5, 0.6) is 0 Å². The van der Waals surface area contributed by atoms with Crippen LogP contribution in [0.25, 0.3) is 10.8 Å². The van der Waals surface area contributed by atoms with E-state index < -0.39 is 21.9 Å². The lowest BCUT2D eigenvalue weighted by Crippen LogP contribution is -2.25. The highest BCUT2D eigenvalue weighted by atomic mass is 32.3. The Morgan fingerprint density at radius 1 is 1.27 bits per heavy atom. The number of hydrogen-bond acceptors (Lipinski definition) is 4. The van der Waals surface area contributed by atoms with Crippen molar-refractivity contribution in [2.75, 3.05) is 12.3 Å². The fourth-order valence-electron chi connectivity index (χ4n) is 2.91. The Morgan fingerprint density at radius 2 is 2.05 bits per heavy atom. The van der Waals surface area contributed by atoms with Crippen LogP contribution in [-0.4, -0.2) is 36.5 Å². The molecule has 7 heteroatoms. The standard InChI is InChI=1S/C15H15FN2O3S/c16-22(20,21)10-11-5-15(19)18(8-11)9-13-7-17-6-12-3-1-2-4-14(12)13/h1-4,6-7,11H,5,8-10H2. The molecule has 1 aromatic carbocycles. The third-order valence-corrected chi connectivity index (χ3v) is 4.71. The maximum atomic E-state index is 12.8. The van der Waals surface area contributed by atoms with Crippen LogP contribution in [0.2, 0.25) is 0 Å². The van der Waals surface area contributed by atoms with Crippen molar-refractivity contribution in [2.24, 2.45) is 5.92 Å². The molecule has 0 radical (unpaired) electrons. The molecule has 1 atom stereocenters. The van der Waals surface area contributed by atoms with Crippen molar-refractivity contribution >= 4 is 26.9 Å². The maximum Gasteiger partial charge on any atom is 0.302 e. The first kappa shape index (κ1) is 14.9. The quantitative estimate of drug-likeness (QED) is 0.806. The molecule has 2 heterocycles. The van der Waals surface area contributed by atoms with Gasteiger partial charge in [-0.15, -0.1) is 3.89 Å². The van der Waals surface area contributed by atoms with Crippen molar-refractivity contribution in [3.63, 3.8) is 0 Å². The molecule has 116 valence electrons. The lowest BCUT2D eigenvalue weighted by atomic mass is 10.1. The topological polar surface area (TPSA) is 67.3 Å². The summed E-state index contributed by atoms with van der Waals surface area (Å²) in [7, 11) is -4.55. The van der Waals surface area contributed by atoms with Gasteiger partial charge in [0.15, 0.2) is 0 Å². The van der Waals surface area contributed by atoms with Gasteiger partial charge in [-0.2, -0.15) is 8.42 Å². The largest absolute Gasteiger partial charge is 0.338 e. The number of aromatic nitrogens is 1. The molecular formula is C15H15FN2O3S. The number of carbonyl (C=O) groups excluding carboxylic acids is 1. The smallest absolute Gasteiger partial charge is 0.302 e. The summed E-state index contributed by atoms with van der Waals surface area (Å²) in [5.41, 5.74) is 0.898. The first-order chi connectivity index (χ1) is 10.4. The summed E-state index contributed by atoms with van der Waals surface area (Å²) in [6.07, 6.45) is 3.53. The van der Waals surface area contributed by atoms with Gasteiger partial charge in [-0.05, 0) is 10.9 Å². The van der Waals surface area contributed by atoms with Gasteiger partial charge in [0.05, 0.1) is 5.75 Å². The Labute approximate surface area is 128 Å². The highest BCUT2D eigenvalue weighted by molar-refractivity contribution is 7.86. The number of halogens is 1. The molecule has 0 N–H and O–H groups in total. The predicted molar refractivity (Wildman–Crippen MR) is 80.2 cm³/mol. The second-order valence-electron chi connectivity index (χ2n) is 5.57.